The Balaban J connectivity index is 1.57. The fourth-order valence-electron chi connectivity index (χ4n) is 3.98. The van der Waals surface area contributed by atoms with Gasteiger partial charge in [0.1, 0.15) is 11.6 Å². The van der Waals surface area contributed by atoms with E-state index in [1.54, 1.807) is 0 Å². The van der Waals surface area contributed by atoms with Crippen molar-refractivity contribution in [3.63, 3.8) is 0 Å². The molecule has 0 saturated carbocycles. The molecule has 118 valence electrons. The van der Waals surface area contributed by atoms with Gasteiger partial charge in [-0.1, -0.05) is 0 Å². The number of nitrogens with zero attached hydrogens (tertiary/aromatic N) is 6. The highest BCUT2D eigenvalue weighted by atomic mass is 15.3. The maximum absolute atomic E-state index is 4.51. The van der Waals surface area contributed by atoms with E-state index in [2.05, 4.69) is 37.9 Å². The second kappa shape index (κ2) is 5.50. The first-order valence-electron chi connectivity index (χ1n) is 8.37. The maximum Gasteiger partial charge on any atom is 0.147 e. The Hall–Kier alpha value is -1.69. The summed E-state index contributed by atoms with van der Waals surface area (Å²) >= 11 is 0. The maximum atomic E-state index is 4.51. The third-order valence-corrected chi connectivity index (χ3v) is 5.05. The van der Waals surface area contributed by atoms with Gasteiger partial charge in [0.05, 0.1) is 12.2 Å². The lowest BCUT2D eigenvalue weighted by Crippen LogP contribution is -2.26. The molecule has 0 radical (unpaired) electrons. The van der Waals surface area contributed by atoms with Crippen molar-refractivity contribution in [1.82, 2.24) is 29.4 Å². The van der Waals surface area contributed by atoms with Crippen LogP contribution < -0.4 is 0 Å². The van der Waals surface area contributed by atoms with Gasteiger partial charge in [0.15, 0.2) is 0 Å². The topological polar surface area (TPSA) is 51.8 Å². The van der Waals surface area contributed by atoms with Crippen molar-refractivity contribution in [2.75, 3.05) is 6.54 Å². The van der Waals surface area contributed by atoms with Gasteiger partial charge in [-0.25, -0.2) is 0 Å². The number of hydrogen-bond donors (Lipinski definition) is 0. The molecule has 0 bridgehead atoms. The number of hydrogen-bond acceptors (Lipinski definition) is 4. The average Bonchev–Trinajstić information content (AvgIpc) is 3.20. The van der Waals surface area contributed by atoms with Crippen molar-refractivity contribution in [2.24, 2.45) is 7.05 Å². The third kappa shape index (κ3) is 2.35. The van der Waals surface area contributed by atoms with Crippen molar-refractivity contribution in [1.29, 1.82) is 0 Å². The van der Waals surface area contributed by atoms with E-state index < -0.39 is 0 Å². The quantitative estimate of drug-likeness (QED) is 0.870. The number of fused-ring (bicyclic) bond motifs is 1. The minimum absolute atomic E-state index is 0.477. The van der Waals surface area contributed by atoms with E-state index in [4.69, 9.17) is 0 Å². The van der Waals surface area contributed by atoms with Gasteiger partial charge in [0.2, 0.25) is 0 Å². The Morgan fingerprint density at radius 1 is 1.18 bits per heavy atom. The van der Waals surface area contributed by atoms with Crippen LogP contribution in [-0.2, 0) is 26.6 Å². The molecule has 4 heterocycles. The average molecular weight is 300 g/mol. The predicted octanol–water partition coefficient (Wildman–Crippen LogP) is 1.99. The van der Waals surface area contributed by atoms with Crippen LogP contribution in [0.3, 0.4) is 0 Å². The van der Waals surface area contributed by atoms with Gasteiger partial charge in [0, 0.05) is 37.8 Å². The highest BCUT2D eigenvalue weighted by Crippen LogP contribution is 2.34. The van der Waals surface area contributed by atoms with Gasteiger partial charge in [-0.3, -0.25) is 9.58 Å². The molecule has 1 atom stereocenters. The summed E-state index contributed by atoms with van der Waals surface area (Å²) in [6, 6.07) is 0.477. The molecule has 22 heavy (non-hydrogen) atoms. The van der Waals surface area contributed by atoms with Crippen LogP contribution >= 0.6 is 0 Å². The lowest BCUT2D eigenvalue weighted by Gasteiger charge is -2.24. The number of likely N-dealkylation sites (tertiary alicyclic amines) is 1. The third-order valence-electron chi connectivity index (χ3n) is 5.05. The molecule has 2 aromatic heterocycles. The molecule has 0 aliphatic carbocycles. The highest BCUT2D eigenvalue weighted by molar-refractivity contribution is 5.21. The smallest absolute Gasteiger partial charge is 0.147 e. The normalized spacial score (nSPS) is 22.2. The number of rotatable bonds is 3. The van der Waals surface area contributed by atoms with Crippen molar-refractivity contribution >= 4 is 0 Å². The molecule has 6 heteroatoms. The summed E-state index contributed by atoms with van der Waals surface area (Å²) in [4.78, 5) is 2.55. The first-order chi connectivity index (χ1) is 10.7. The number of aromatic nitrogens is 5. The second-order valence-corrected chi connectivity index (χ2v) is 6.61. The Labute approximate surface area is 131 Å². The van der Waals surface area contributed by atoms with E-state index in [9.17, 15) is 0 Å². The van der Waals surface area contributed by atoms with E-state index in [0.717, 1.165) is 37.6 Å². The lowest BCUT2D eigenvalue weighted by atomic mass is 10.1. The summed E-state index contributed by atoms with van der Waals surface area (Å²) in [7, 11) is 2.00. The molecule has 0 aromatic carbocycles. The Kier molecular flexibility index (Phi) is 3.48. The molecule has 0 N–H and O–H groups in total. The highest BCUT2D eigenvalue weighted by Gasteiger charge is 2.30. The van der Waals surface area contributed by atoms with Gasteiger partial charge in [-0.2, -0.15) is 5.10 Å². The minimum Gasteiger partial charge on any atom is -0.314 e. The molecular weight excluding hydrogens is 276 g/mol. The zero-order valence-electron chi connectivity index (χ0n) is 13.5. The summed E-state index contributed by atoms with van der Waals surface area (Å²) in [5, 5.41) is 13.4. The summed E-state index contributed by atoms with van der Waals surface area (Å²) in [5.74, 6) is 2.32. The van der Waals surface area contributed by atoms with Crippen LogP contribution in [0.25, 0.3) is 0 Å². The fraction of sp³-hybridized carbons (Fsp3) is 0.688. The van der Waals surface area contributed by atoms with E-state index in [1.165, 1.54) is 37.1 Å². The molecule has 6 nitrogen and oxygen atoms in total. The zero-order valence-corrected chi connectivity index (χ0v) is 13.5. The van der Waals surface area contributed by atoms with Crippen molar-refractivity contribution in [3.05, 3.63) is 29.1 Å². The first-order valence-corrected chi connectivity index (χ1v) is 8.37. The van der Waals surface area contributed by atoms with Crippen LogP contribution in [0.2, 0.25) is 0 Å². The van der Waals surface area contributed by atoms with E-state index in [0.29, 0.717) is 6.04 Å². The Bertz CT molecular complexity index is 670. The van der Waals surface area contributed by atoms with E-state index >= 15 is 0 Å². The molecule has 4 rings (SSSR count). The monoisotopic (exact) mass is 300 g/mol. The molecule has 2 aromatic rings. The lowest BCUT2D eigenvalue weighted by molar-refractivity contribution is 0.236. The van der Waals surface area contributed by atoms with Crippen molar-refractivity contribution < 1.29 is 0 Å². The van der Waals surface area contributed by atoms with Gasteiger partial charge in [-0.15, -0.1) is 10.2 Å². The fourth-order valence-corrected chi connectivity index (χ4v) is 3.98. The Morgan fingerprint density at radius 2 is 2.09 bits per heavy atom. The van der Waals surface area contributed by atoms with Gasteiger partial charge < -0.3 is 4.57 Å². The van der Waals surface area contributed by atoms with Gasteiger partial charge in [0.25, 0.3) is 0 Å². The summed E-state index contributed by atoms with van der Waals surface area (Å²) in [6.07, 6.45) is 8.23. The number of aryl methyl sites for hydroxylation is 3. The predicted molar refractivity (Wildman–Crippen MR) is 83.3 cm³/mol. The Morgan fingerprint density at radius 3 is 2.91 bits per heavy atom. The molecule has 1 saturated heterocycles. The van der Waals surface area contributed by atoms with Gasteiger partial charge >= 0.3 is 0 Å². The minimum atomic E-state index is 0.477. The second-order valence-electron chi connectivity index (χ2n) is 6.61. The molecule has 2 aliphatic rings. The van der Waals surface area contributed by atoms with Crippen molar-refractivity contribution in [3.8, 4) is 0 Å². The van der Waals surface area contributed by atoms with Crippen LogP contribution in [-0.4, -0.2) is 36.0 Å². The molecule has 0 spiro atoms. The summed E-state index contributed by atoms with van der Waals surface area (Å²) < 4.78 is 4.27. The first kappa shape index (κ1) is 13.9. The van der Waals surface area contributed by atoms with Crippen LogP contribution in [0.4, 0.5) is 0 Å². The van der Waals surface area contributed by atoms with Crippen LogP contribution in [0.5, 0.6) is 0 Å². The largest absolute Gasteiger partial charge is 0.314 e. The van der Waals surface area contributed by atoms with Crippen LogP contribution in [0.1, 0.15) is 54.6 Å². The van der Waals surface area contributed by atoms with E-state index in [-0.39, 0.29) is 0 Å². The summed E-state index contributed by atoms with van der Waals surface area (Å²) in [5.41, 5.74) is 2.53. The molecule has 0 amide bonds. The molecule has 1 unspecified atom stereocenters. The van der Waals surface area contributed by atoms with Crippen molar-refractivity contribution in [2.45, 2.75) is 58.2 Å². The molecule has 1 fully saturated rings. The molecule has 2 aliphatic heterocycles. The summed E-state index contributed by atoms with van der Waals surface area (Å²) in [6.45, 7) is 5.25. The standard InChI is InChI=1S/C16H24N6/c1-12-13(10-20(2)19-12)14-6-5-8-21(14)11-16-18-17-15-7-3-4-9-22(15)16/h10,14H,3-9,11H2,1-2H3. The van der Waals surface area contributed by atoms with Gasteiger partial charge in [-0.05, 0) is 39.2 Å². The van der Waals surface area contributed by atoms with E-state index in [1.807, 2.05) is 11.7 Å². The van der Waals surface area contributed by atoms with Crippen LogP contribution in [0.15, 0.2) is 6.20 Å². The SMILES string of the molecule is Cc1nn(C)cc1C1CCCN1Cc1nnc2n1CCCC2. The molecular formula is C16H24N6. The van der Waals surface area contributed by atoms with Crippen LogP contribution in [0, 0.1) is 6.92 Å². The zero-order chi connectivity index (χ0) is 15.1.